The number of thiol groups is 1. The molecule has 116 valence electrons. The minimum absolute atomic E-state index is 0.0160. The van der Waals surface area contributed by atoms with Gasteiger partial charge in [0, 0.05) is 24.7 Å². The number of nitrogens with zero attached hydrogens (tertiary/aromatic N) is 1. The van der Waals surface area contributed by atoms with E-state index < -0.39 is 4.92 Å². The zero-order chi connectivity index (χ0) is 15.3. The van der Waals surface area contributed by atoms with Crippen molar-refractivity contribution in [3.63, 3.8) is 0 Å². The van der Waals surface area contributed by atoms with Crippen LogP contribution in [0.3, 0.4) is 0 Å². The van der Waals surface area contributed by atoms with Gasteiger partial charge < -0.3 is 14.2 Å². The quantitative estimate of drug-likeness (QED) is 0.497. The molecule has 0 atom stereocenters. The van der Waals surface area contributed by atoms with Crippen LogP contribution in [0.25, 0.3) is 0 Å². The van der Waals surface area contributed by atoms with Gasteiger partial charge in [-0.1, -0.05) is 0 Å². The lowest BCUT2D eigenvalue weighted by Gasteiger charge is -2.35. The van der Waals surface area contributed by atoms with Gasteiger partial charge in [0.15, 0.2) is 11.5 Å². The summed E-state index contributed by atoms with van der Waals surface area (Å²) in [6.45, 7) is 1.82. The van der Waals surface area contributed by atoms with E-state index in [0.717, 1.165) is 12.8 Å². The van der Waals surface area contributed by atoms with Gasteiger partial charge in [0.25, 0.3) is 5.69 Å². The van der Waals surface area contributed by atoms with E-state index in [-0.39, 0.29) is 11.1 Å². The number of non-ortho nitro benzene ring substituents is 1. The molecule has 0 N–H and O–H groups in total. The first kappa shape index (κ1) is 15.9. The minimum Gasteiger partial charge on any atom is -0.493 e. The normalized spacial score (nSPS) is 17.2. The third kappa shape index (κ3) is 3.79. The fourth-order valence-electron chi connectivity index (χ4n) is 2.28. The molecule has 2 rings (SSSR count). The van der Waals surface area contributed by atoms with Crippen molar-refractivity contribution in [3.8, 4) is 11.5 Å². The molecule has 0 aromatic heterocycles. The van der Waals surface area contributed by atoms with Crippen LogP contribution in [0.1, 0.15) is 12.8 Å². The number of ether oxygens (including phenoxy) is 3. The molecule has 6 nitrogen and oxygen atoms in total. The fourth-order valence-corrected chi connectivity index (χ4v) is 2.68. The maximum absolute atomic E-state index is 10.9. The van der Waals surface area contributed by atoms with Crippen molar-refractivity contribution >= 4 is 18.3 Å². The van der Waals surface area contributed by atoms with Crippen LogP contribution in [-0.4, -0.2) is 37.6 Å². The SMILES string of the molecule is COc1ccc([N+](=O)[O-])cc1OCC1(CS)CCOCC1. The van der Waals surface area contributed by atoms with Gasteiger partial charge >= 0.3 is 0 Å². The molecule has 0 unspecified atom stereocenters. The second kappa shape index (κ2) is 7.00. The molecule has 0 spiro atoms. The molecule has 1 fully saturated rings. The Morgan fingerprint density at radius 3 is 2.67 bits per heavy atom. The Morgan fingerprint density at radius 1 is 1.38 bits per heavy atom. The third-order valence-corrected chi connectivity index (χ3v) is 4.45. The molecule has 1 aliphatic rings. The molecule has 0 amide bonds. The summed E-state index contributed by atoms with van der Waals surface area (Å²) in [7, 11) is 1.51. The molecule has 0 bridgehead atoms. The van der Waals surface area contributed by atoms with E-state index in [2.05, 4.69) is 12.6 Å². The average Bonchev–Trinajstić information content (AvgIpc) is 2.53. The zero-order valence-electron chi connectivity index (χ0n) is 11.9. The lowest BCUT2D eigenvalue weighted by atomic mass is 9.83. The molecule has 1 aromatic carbocycles. The van der Waals surface area contributed by atoms with Gasteiger partial charge in [-0.05, 0) is 24.7 Å². The van der Waals surface area contributed by atoms with Crippen LogP contribution in [0.15, 0.2) is 18.2 Å². The molecule has 0 saturated carbocycles. The molecule has 0 aliphatic carbocycles. The summed E-state index contributed by atoms with van der Waals surface area (Å²) >= 11 is 4.42. The summed E-state index contributed by atoms with van der Waals surface area (Å²) in [5.41, 5.74) is -0.0746. The number of hydrogen-bond acceptors (Lipinski definition) is 6. The number of nitro benzene ring substituents is 1. The van der Waals surface area contributed by atoms with E-state index >= 15 is 0 Å². The second-order valence-electron chi connectivity index (χ2n) is 5.15. The van der Waals surface area contributed by atoms with Crippen LogP contribution in [0.5, 0.6) is 11.5 Å². The second-order valence-corrected chi connectivity index (χ2v) is 5.47. The highest BCUT2D eigenvalue weighted by Crippen LogP contribution is 2.36. The van der Waals surface area contributed by atoms with E-state index in [1.54, 1.807) is 6.07 Å². The largest absolute Gasteiger partial charge is 0.493 e. The standard InChI is InChI=1S/C14H19NO5S/c1-18-12-3-2-11(15(16)17)8-13(12)20-9-14(10-21)4-6-19-7-5-14/h2-3,8,21H,4-7,9-10H2,1H3. The predicted octanol–water partition coefficient (Wildman–Crippen LogP) is 2.71. The van der Waals surface area contributed by atoms with Gasteiger partial charge in [-0.2, -0.15) is 12.6 Å². The van der Waals surface area contributed by atoms with Crippen molar-refractivity contribution in [2.75, 3.05) is 32.7 Å². The van der Waals surface area contributed by atoms with Crippen LogP contribution in [-0.2, 0) is 4.74 Å². The van der Waals surface area contributed by atoms with E-state index in [1.807, 2.05) is 0 Å². The molecular weight excluding hydrogens is 294 g/mol. The van der Waals surface area contributed by atoms with Crippen molar-refractivity contribution in [2.45, 2.75) is 12.8 Å². The Morgan fingerprint density at radius 2 is 2.10 bits per heavy atom. The Hall–Kier alpha value is -1.47. The van der Waals surface area contributed by atoms with Crippen molar-refractivity contribution in [3.05, 3.63) is 28.3 Å². The van der Waals surface area contributed by atoms with Crippen molar-refractivity contribution in [2.24, 2.45) is 5.41 Å². The lowest BCUT2D eigenvalue weighted by Crippen LogP contribution is -2.36. The number of rotatable bonds is 6. The van der Waals surface area contributed by atoms with Gasteiger partial charge in [-0.25, -0.2) is 0 Å². The first-order valence-corrected chi connectivity index (χ1v) is 7.37. The number of methoxy groups -OCH3 is 1. The third-order valence-electron chi connectivity index (χ3n) is 3.78. The van der Waals surface area contributed by atoms with E-state index in [0.29, 0.717) is 37.1 Å². The molecule has 21 heavy (non-hydrogen) atoms. The fraction of sp³-hybridized carbons (Fsp3) is 0.571. The molecular formula is C14H19NO5S. The van der Waals surface area contributed by atoms with Gasteiger partial charge in [0.2, 0.25) is 0 Å². The Kier molecular flexibility index (Phi) is 5.30. The first-order chi connectivity index (χ1) is 10.1. The highest BCUT2D eigenvalue weighted by molar-refractivity contribution is 7.80. The predicted molar refractivity (Wildman–Crippen MR) is 81.5 cm³/mol. The van der Waals surface area contributed by atoms with Crippen LogP contribution in [0, 0.1) is 15.5 Å². The van der Waals surface area contributed by atoms with Gasteiger partial charge in [-0.3, -0.25) is 10.1 Å². The molecule has 1 aliphatic heterocycles. The number of benzene rings is 1. The van der Waals surface area contributed by atoms with Crippen molar-refractivity contribution < 1.29 is 19.1 Å². The molecule has 1 aromatic rings. The van der Waals surface area contributed by atoms with E-state index in [1.165, 1.54) is 19.2 Å². The zero-order valence-corrected chi connectivity index (χ0v) is 12.8. The Labute approximate surface area is 128 Å². The number of nitro groups is 1. The van der Waals surface area contributed by atoms with Crippen molar-refractivity contribution in [1.82, 2.24) is 0 Å². The van der Waals surface area contributed by atoms with Crippen LogP contribution >= 0.6 is 12.6 Å². The summed E-state index contributed by atoms with van der Waals surface area (Å²) in [6, 6.07) is 4.34. The summed E-state index contributed by atoms with van der Waals surface area (Å²) in [4.78, 5) is 10.4. The average molecular weight is 313 g/mol. The Balaban J connectivity index is 2.13. The van der Waals surface area contributed by atoms with E-state index in [9.17, 15) is 10.1 Å². The number of hydrogen-bond donors (Lipinski definition) is 1. The van der Waals surface area contributed by atoms with E-state index in [4.69, 9.17) is 14.2 Å². The maximum atomic E-state index is 10.9. The van der Waals surface area contributed by atoms with Gasteiger partial charge in [0.05, 0.1) is 24.7 Å². The van der Waals surface area contributed by atoms with Crippen molar-refractivity contribution in [1.29, 1.82) is 0 Å². The summed E-state index contributed by atoms with van der Waals surface area (Å²) < 4.78 is 16.4. The molecule has 1 heterocycles. The summed E-state index contributed by atoms with van der Waals surface area (Å²) in [6.07, 6.45) is 1.74. The summed E-state index contributed by atoms with van der Waals surface area (Å²) in [5, 5.41) is 10.9. The first-order valence-electron chi connectivity index (χ1n) is 6.74. The lowest BCUT2D eigenvalue weighted by molar-refractivity contribution is -0.385. The maximum Gasteiger partial charge on any atom is 0.273 e. The van der Waals surface area contributed by atoms with Gasteiger partial charge in [-0.15, -0.1) is 0 Å². The molecule has 0 radical (unpaired) electrons. The molecule has 1 saturated heterocycles. The summed E-state index contributed by atoms with van der Waals surface area (Å²) in [5.74, 6) is 1.56. The highest BCUT2D eigenvalue weighted by atomic mass is 32.1. The topological polar surface area (TPSA) is 70.8 Å². The smallest absolute Gasteiger partial charge is 0.273 e. The molecule has 7 heteroatoms. The van der Waals surface area contributed by atoms with Gasteiger partial charge in [0.1, 0.15) is 0 Å². The van der Waals surface area contributed by atoms with Crippen LogP contribution in [0.2, 0.25) is 0 Å². The van der Waals surface area contributed by atoms with Crippen LogP contribution in [0.4, 0.5) is 5.69 Å². The Bertz CT molecular complexity index is 502. The monoisotopic (exact) mass is 313 g/mol. The van der Waals surface area contributed by atoms with Crippen LogP contribution < -0.4 is 9.47 Å². The minimum atomic E-state index is -0.449. The highest BCUT2D eigenvalue weighted by Gasteiger charge is 2.32.